The molecule has 0 saturated heterocycles. The Morgan fingerprint density at radius 3 is 2.43 bits per heavy atom. The van der Waals surface area contributed by atoms with E-state index in [0.29, 0.717) is 11.3 Å². The van der Waals surface area contributed by atoms with Gasteiger partial charge in [0.05, 0.1) is 17.6 Å². The summed E-state index contributed by atoms with van der Waals surface area (Å²) in [5.41, 5.74) is -0.635. The van der Waals surface area contributed by atoms with Crippen LogP contribution >= 0.6 is 0 Å². The smallest absolute Gasteiger partial charge is 0.325 e. The van der Waals surface area contributed by atoms with Crippen LogP contribution in [0.3, 0.4) is 0 Å². The van der Waals surface area contributed by atoms with Gasteiger partial charge in [0.2, 0.25) is 5.91 Å². The number of rotatable bonds is 4. The highest BCUT2D eigenvalue weighted by Gasteiger charge is 2.30. The van der Waals surface area contributed by atoms with E-state index in [2.05, 4.69) is 10.3 Å². The standard InChI is InChI=1S/C19H13F4N3O2/c20-14-6-4-12(5-7-14)16-9-18(28)26(11-24-16)10-17(27)25-15-3-1-2-13(8-15)19(21,22)23/h1-9,11H,10H2,(H,25,27). The van der Waals surface area contributed by atoms with Gasteiger partial charge in [0.1, 0.15) is 12.4 Å². The lowest BCUT2D eigenvalue weighted by molar-refractivity contribution is -0.137. The molecule has 0 atom stereocenters. The summed E-state index contributed by atoms with van der Waals surface area (Å²) in [5.74, 6) is -1.11. The van der Waals surface area contributed by atoms with Gasteiger partial charge in [0.15, 0.2) is 0 Å². The predicted octanol–water partition coefficient (Wildman–Crippen LogP) is 3.71. The fourth-order valence-electron chi connectivity index (χ4n) is 2.45. The number of aromatic nitrogens is 2. The highest BCUT2D eigenvalue weighted by atomic mass is 19.4. The second-order valence-electron chi connectivity index (χ2n) is 5.87. The van der Waals surface area contributed by atoms with Crippen LogP contribution in [0, 0.1) is 5.82 Å². The quantitative estimate of drug-likeness (QED) is 0.690. The molecule has 1 amide bonds. The number of nitrogens with zero attached hydrogens (tertiary/aromatic N) is 2. The molecule has 0 bridgehead atoms. The van der Waals surface area contributed by atoms with Crippen LogP contribution in [0.5, 0.6) is 0 Å². The Balaban J connectivity index is 1.72. The first-order valence-corrected chi connectivity index (χ1v) is 8.02. The number of carbonyl (C=O) groups is 1. The highest BCUT2D eigenvalue weighted by molar-refractivity contribution is 5.90. The Kier molecular flexibility index (Phi) is 5.25. The number of amides is 1. The molecule has 0 aliphatic rings. The summed E-state index contributed by atoms with van der Waals surface area (Å²) in [7, 11) is 0. The number of hydrogen-bond acceptors (Lipinski definition) is 3. The average molecular weight is 391 g/mol. The third kappa shape index (κ3) is 4.61. The second-order valence-corrected chi connectivity index (χ2v) is 5.87. The number of benzene rings is 2. The summed E-state index contributed by atoms with van der Waals surface area (Å²) in [6.45, 7) is -0.425. The first kappa shape index (κ1) is 19.3. The zero-order valence-electron chi connectivity index (χ0n) is 14.2. The van der Waals surface area contributed by atoms with Gasteiger partial charge in [-0.3, -0.25) is 14.2 Å². The summed E-state index contributed by atoms with van der Waals surface area (Å²) in [4.78, 5) is 28.3. The predicted molar refractivity (Wildman–Crippen MR) is 94.0 cm³/mol. The monoisotopic (exact) mass is 391 g/mol. The van der Waals surface area contributed by atoms with E-state index in [1.807, 2.05) is 0 Å². The van der Waals surface area contributed by atoms with Gasteiger partial charge in [-0.15, -0.1) is 0 Å². The van der Waals surface area contributed by atoms with Gasteiger partial charge < -0.3 is 5.32 Å². The topological polar surface area (TPSA) is 64.0 Å². The van der Waals surface area contributed by atoms with E-state index in [1.165, 1.54) is 42.5 Å². The molecule has 3 rings (SSSR count). The van der Waals surface area contributed by atoms with E-state index < -0.39 is 35.6 Å². The van der Waals surface area contributed by atoms with Crippen molar-refractivity contribution in [1.82, 2.24) is 9.55 Å². The lowest BCUT2D eigenvalue weighted by Crippen LogP contribution is -2.27. The summed E-state index contributed by atoms with van der Waals surface area (Å²) < 4.78 is 52.1. The molecule has 9 heteroatoms. The van der Waals surface area contributed by atoms with Gasteiger partial charge in [0.25, 0.3) is 5.56 Å². The van der Waals surface area contributed by atoms with Crippen molar-refractivity contribution in [3.63, 3.8) is 0 Å². The molecule has 0 unspecified atom stereocenters. The fourth-order valence-corrected chi connectivity index (χ4v) is 2.45. The van der Waals surface area contributed by atoms with Gasteiger partial charge in [-0.2, -0.15) is 13.2 Å². The van der Waals surface area contributed by atoms with Crippen LogP contribution in [0.4, 0.5) is 23.2 Å². The summed E-state index contributed by atoms with van der Waals surface area (Å²) in [6, 6.07) is 10.7. The molecule has 28 heavy (non-hydrogen) atoms. The van der Waals surface area contributed by atoms with Crippen molar-refractivity contribution in [3.8, 4) is 11.3 Å². The zero-order valence-corrected chi connectivity index (χ0v) is 14.2. The minimum atomic E-state index is -4.53. The van der Waals surface area contributed by atoms with Crippen LogP contribution in [0.2, 0.25) is 0 Å². The molecule has 5 nitrogen and oxygen atoms in total. The van der Waals surface area contributed by atoms with Gasteiger partial charge in [-0.1, -0.05) is 6.07 Å². The summed E-state index contributed by atoms with van der Waals surface area (Å²) >= 11 is 0. The third-order valence-corrected chi connectivity index (χ3v) is 3.81. The van der Waals surface area contributed by atoms with E-state index in [-0.39, 0.29) is 5.69 Å². The second kappa shape index (κ2) is 7.63. The number of alkyl halides is 3. The molecule has 0 radical (unpaired) electrons. The molecule has 0 aliphatic heterocycles. The van der Waals surface area contributed by atoms with E-state index in [1.54, 1.807) is 0 Å². The van der Waals surface area contributed by atoms with Crippen LogP contribution in [0.15, 0.2) is 65.7 Å². The first-order chi connectivity index (χ1) is 13.2. The molecule has 1 N–H and O–H groups in total. The van der Waals surface area contributed by atoms with Gasteiger partial charge in [0, 0.05) is 17.3 Å². The Morgan fingerprint density at radius 1 is 1.07 bits per heavy atom. The van der Waals surface area contributed by atoms with Crippen molar-refractivity contribution >= 4 is 11.6 Å². The average Bonchev–Trinajstić information content (AvgIpc) is 2.63. The largest absolute Gasteiger partial charge is 0.416 e. The maximum Gasteiger partial charge on any atom is 0.416 e. The van der Waals surface area contributed by atoms with Crippen LogP contribution in [-0.2, 0) is 17.5 Å². The Bertz CT molecular complexity index is 1060. The van der Waals surface area contributed by atoms with Crippen molar-refractivity contribution in [2.75, 3.05) is 5.32 Å². The molecular formula is C19H13F4N3O2. The van der Waals surface area contributed by atoms with Crippen molar-refractivity contribution in [1.29, 1.82) is 0 Å². The molecule has 1 heterocycles. The molecule has 0 saturated carbocycles. The Morgan fingerprint density at radius 2 is 1.79 bits per heavy atom. The SMILES string of the molecule is O=C(Cn1cnc(-c2ccc(F)cc2)cc1=O)Nc1cccc(C(F)(F)F)c1. The molecular weight excluding hydrogens is 378 g/mol. The van der Waals surface area contributed by atoms with Gasteiger partial charge in [-0.05, 0) is 42.5 Å². The number of halogens is 4. The van der Waals surface area contributed by atoms with E-state index in [9.17, 15) is 27.2 Å². The molecule has 1 aromatic heterocycles. The fraction of sp³-hybridized carbons (Fsp3) is 0.105. The molecule has 144 valence electrons. The van der Waals surface area contributed by atoms with E-state index >= 15 is 0 Å². The number of carbonyl (C=O) groups excluding carboxylic acids is 1. The van der Waals surface area contributed by atoms with Crippen molar-refractivity contribution in [3.05, 3.63) is 82.7 Å². The van der Waals surface area contributed by atoms with Crippen molar-refractivity contribution in [2.24, 2.45) is 0 Å². The van der Waals surface area contributed by atoms with Gasteiger partial charge >= 0.3 is 6.18 Å². The van der Waals surface area contributed by atoms with Crippen LogP contribution in [0.25, 0.3) is 11.3 Å². The molecule has 2 aromatic carbocycles. The molecule has 0 fully saturated rings. The van der Waals surface area contributed by atoms with Crippen molar-refractivity contribution < 1.29 is 22.4 Å². The molecule has 0 spiro atoms. The van der Waals surface area contributed by atoms with E-state index in [0.717, 1.165) is 23.0 Å². The van der Waals surface area contributed by atoms with Gasteiger partial charge in [-0.25, -0.2) is 9.37 Å². The summed E-state index contributed by atoms with van der Waals surface area (Å²) in [5, 5.41) is 2.31. The summed E-state index contributed by atoms with van der Waals surface area (Å²) in [6.07, 6.45) is -3.38. The first-order valence-electron chi connectivity index (χ1n) is 8.02. The van der Waals surface area contributed by atoms with E-state index in [4.69, 9.17) is 0 Å². The maximum atomic E-state index is 13.0. The minimum absolute atomic E-state index is 0.0382. The molecule has 0 aliphatic carbocycles. The number of anilines is 1. The maximum absolute atomic E-state index is 13.0. The van der Waals surface area contributed by atoms with Crippen LogP contribution < -0.4 is 10.9 Å². The lowest BCUT2D eigenvalue weighted by atomic mass is 10.1. The minimum Gasteiger partial charge on any atom is -0.325 e. The van der Waals surface area contributed by atoms with Crippen LogP contribution in [-0.4, -0.2) is 15.5 Å². The number of nitrogens with one attached hydrogen (secondary N) is 1. The Hall–Kier alpha value is -3.49. The highest BCUT2D eigenvalue weighted by Crippen LogP contribution is 2.30. The van der Waals surface area contributed by atoms with Crippen molar-refractivity contribution in [2.45, 2.75) is 12.7 Å². The normalized spacial score (nSPS) is 11.3. The Labute approximate surface area is 156 Å². The zero-order chi connectivity index (χ0) is 20.3. The number of hydrogen-bond donors (Lipinski definition) is 1. The molecule has 3 aromatic rings. The van der Waals surface area contributed by atoms with Crippen LogP contribution in [0.1, 0.15) is 5.56 Å². The third-order valence-electron chi connectivity index (χ3n) is 3.81. The lowest BCUT2D eigenvalue weighted by Gasteiger charge is -2.11.